The van der Waals surface area contributed by atoms with E-state index in [9.17, 15) is 14.7 Å². The van der Waals surface area contributed by atoms with Crippen LogP contribution in [0.3, 0.4) is 0 Å². The zero-order valence-corrected chi connectivity index (χ0v) is 21.5. The molecule has 0 saturated heterocycles. The number of nitrogens with one attached hydrogen (secondary N) is 2. The molecule has 0 unspecified atom stereocenters. The summed E-state index contributed by atoms with van der Waals surface area (Å²) in [7, 11) is 0. The van der Waals surface area contributed by atoms with Gasteiger partial charge in [-0.1, -0.05) is 60.8 Å². The Kier molecular flexibility index (Phi) is 7.22. The molecule has 0 aliphatic heterocycles. The number of aromatic hydroxyl groups is 1. The predicted octanol–water partition coefficient (Wildman–Crippen LogP) is 5.19. The number of phenolic OH excluding ortho intramolecular Hbond substituents is 1. The topological polar surface area (TPSA) is 91.3 Å². The molecule has 33 heavy (non-hydrogen) atoms. The number of thiazole rings is 1. The summed E-state index contributed by atoms with van der Waals surface area (Å²) in [6.07, 6.45) is 5.77. The standard InChI is InChI=1S/C26H37N3O3S/c1-24(2,3)18-14-17(15-19(21(18)30)25(4,5)6)22(31)29-26(10-8-7-9-11-26)23(32)28-16-20-27-12-13-33-20/h12-15,30H,7-11,16H2,1-6H3,(H,28,32)(H,29,31). The Morgan fingerprint density at radius 1 is 1.03 bits per heavy atom. The predicted molar refractivity (Wildman–Crippen MR) is 133 cm³/mol. The Hall–Kier alpha value is -2.41. The van der Waals surface area contributed by atoms with Crippen LogP contribution in [0.15, 0.2) is 23.7 Å². The number of rotatable bonds is 5. The number of benzene rings is 1. The number of aromatic nitrogens is 1. The molecule has 6 nitrogen and oxygen atoms in total. The van der Waals surface area contributed by atoms with Gasteiger partial charge in [-0.15, -0.1) is 11.3 Å². The zero-order valence-electron chi connectivity index (χ0n) is 20.7. The number of amides is 2. The summed E-state index contributed by atoms with van der Waals surface area (Å²) < 4.78 is 0. The van der Waals surface area contributed by atoms with Gasteiger partial charge in [-0.3, -0.25) is 9.59 Å². The quantitative estimate of drug-likeness (QED) is 0.559. The highest BCUT2D eigenvalue weighted by atomic mass is 32.1. The molecular formula is C26H37N3O3S. The molecule has 3 rings (SSSR count). The molecule has 1 aliphatic rings. The van der Waals surface area contributed by atoms with Crippen molar-refractivity contribution >= 4 is 23.2 Å². The van der Waals surface area contributed by atoms with E-state index in [1.54, 1.807) is 18.3 Å². The smallest absolute Gasteiger partial charge is 0.252 e. The van der Waals surface area contributed by atoms with Crippen molar-refractivity contribution in [3.05, 3.63) is 45.4 Å². The van der Waals surface area contributed by atoms with Crippen LogP contribution >= 0.6 is 11.3 Å². The van der Waals surface area contributed by atoms with E-state index in [-0.39, 0.29) is 28.4 Å². The molecule has 1 saturated carbocycles. The van der Waals surface area contributed by atoms with Crippen molar-refractivity contribution in [2.24, 2.45) is 0 Å². The number of hydrogen-bond acceptors (Lipinski definition) is 5. The molecule has 0 bridgehead atoms. The summed E-state index contributed by atoms with van der Waals surface area (Å²) in [6.45, 7) is 12.5. The van der Waals surface area contributed by atoms with Crippen LogP contribution in [0.4, 0.5) is 0 Å². The summed E-state index contributed by atoms with van der Waals surface area (Å²) in [6, 6.07) is 3.54. The van der Waals surface area contributed by atoms with Crippen LogP contribution in [0.25, 0.3) is 0 Å². The van der Waals surface area contributed by atoms with Crippen LogP contribution in [0.5, 0.6) is 5.75 Å². The van der Waals surface area contributed by atoms with Crippen LogP contribution in [-0.2, 0) is 22.2 Å². The Morgan fingerprint density at radius 3 is 2.09 bits per heavy atom. The Balaban J connectivity index is 1.92. The highest BCUT2D eigenvalue weighted by Gasteiger charge is 2.41. The summed E-state index contributed by atoms with van der Waals surface area (Å²) in [5.41, 5.74) is 0.313. The molecule has 2 amide bonds. The van der Waals surface area contributed by atoms with Gasteiger partial charge in [0.05, 0.1) is 6.54 Å². The van der Waals surface area contributed by atoms with Crippen molar-refractivity contribution in [3.63, 3.8) is 0 Å². The van der Waals surface area contributed by atoms with Crippen molar-refractivity contribution in [1.29, 1.82) is 0 Å². The number of nitrogens with zero attached hydrogens (tertiary/aromatic N) is 1. The summed E-state index contributed by atoms with van der Waals surface area (Å²) in [5.74, 6) is -0.200. The van der Waals surface area contributed by atoms with Gasteiger partial charge >= 0.3 is 0 Å². The van der Waals surface area contributed by atoms with Crippen LogP contribution in [0.2, 0.25) is 0 Å². The lowest BCUT2D eigenvalue weighted by Gasteiger charge is -2.37. The van der Waals surface area contributed by atoms with Crippen molar-refractivity contribution in [3.8, 4) is 5.75 Å². The van der Waals surface area contributed by atoms with Gasteiger partial charge < -0.3 is 15.7 Å². The Labute approximate surface area is 201 Å². The van der Waals surface area contributed by atoms with Gasteiger partial charge in [-0.05, 0) is 35.8 Å². The third-order valence-corrected chi connectivity index (χ3v) is 7.15. The SMILES string of the molecule is CC(C)(C)c1cc(C(=O)NC2(C(=O)NCc3nccs3)CCCCC2)cc(C(C)(C)C)c1O. The molecule has 0 atom stereocenters. The van der Waals surface area contributed by atoms with Crippen LogP contribution in [0, 0.1) is 0 Å². The van der Waals surface area contributed by atoms with E-state index >= 15 is 0 Å². The molecule has 1 aromatic carbocycles. The zero-order chi connectivity index (χ0) is 24.4. The third-order valence-electron chi connectivity index (χ3n) is 6.37. The number of carbonyl (C=O) groups excluding carboxylic acids is 2. The lowest BCUT2D eigenvalue weighted by atomic mass is 9.78. The van der Waals surface area contributed by atoms with Crippen molar-refractivity contribution in [2.45, 2.75) is 96.6 Å². The first kappa shape index (κ1) is 25.2. The first-order chi connectivity index (χ1) is 15.3. The maximum absolute atomic E-state index is 13.5. The largest absolute Gasteiger partial charge is 0.507 e. The highest BCUT2D eigenvalue weighted by molar-refractivity contribution is 7.09. The molecule has 1 heterocycles. The van der Waals surface area contributed by atoms with E-state index in [1.807, 2.05) is 46.9 Å². The maximum atomic E-state index is 13.5. The maximum Gasteiger partial charge on any atom is 0.252 e. The fraction of sp³-hybridized carbons (Fsp3) is 0.577. The van der Waals surface area contributed by atoms with Crippen molar-refractivity contribution < 1.29 is 14.7 Å². The highest BCUT2D eigenvalue weighted by Crippen LogP contribution is 2.40. The summed E-state index contributed by atoms with van der Waals surface area (Å²) in [4.78, 5) is 31.1. The molecule has 0 radical (unpaired) electrons. The molecule has 1 aromatic heterocycles. The van der Waals surface area contributed by atoms with E-state index in [1.165, 1.54) is 11.3 Å². The van der Waals surface area contributed by atoms with Gasteiger partial charge in [0.1, 0.15) is 16.3 Å². The molecule has 1 aliphatic carbocycles. The van der Waals surface area contributed by atoms with Gasteiger partial charge in [-0.2, -0.15) is 0 Å². The lowest BCUT2D eigenvalue weighted by Crippen LogP contribution is -2.59. The first-order valence-corrected chi connectivity index (χ1v) is 12.6. The van der Waals surface area contributed by atoms with Crippen LogP contribution in [-0.4, -0.2) is 27.4 Å². The molecular weight excluding hydrogens is 434 g/mol. The Morgan fingerprint density at radius 2 is 1.61 bits per heavy atom. The molecule has 1 fully saturated rings. The molecule has 2 aromatic rings. The fourth-order valence-corrected chi connectivity index (χ4v) is 4.98. The number of phenols is 1. The van der Waals surface area contributed by atoms with Crippen LogP contribution < -0.4 is 10.6 Å². The second-order valence-electron chi connectivity index (χ2n) is 11.1. The van der Waals surface area contributed by atoms with E-state index < -0.39 is 5.54 Å². The Bertz CT molecular complexity index is 960. The van der Waals surface area contributed by atoms with E-state index in [2.05, 4.69) is 15.6 Å². The number of carbonyl (C=O) groups is 2. The summed E-state index contributed by atoms with van der Waals surface area (Å²) in [5, 5.41) is 19.8. The van der Waals surface area contributed by atoms with Gasteiger partial charge in [0, 0.05) is 28.3 Å². The molecule has 0 spiro atoms. The molecule has 180 valence electrons. The van der Waals surface area contributed by atoms with Gasteiger partial charge in [0.2, 0.25) is 5.91 Å². The van der Waals surface area contributed by atoms with E-state index in [0.717, 1.165) is 35.4 Å². The normalized spacial score (nSPS) is 16.3. The minimum Gasteiger partial charge on any atom is -0.507 e. The molecule has 7 heteroatoms. The second kappa shape index (κ2) is 9.45. The van der Waals surface area contributed by atoms with E-state index in [0.29, 0.717) is 24.9 Å². The van der Waals surface area contributed by atoms with Gasteiger partial charge in [0.15, 0.2) is 0 Å². The average Bonchev–Trinajstić information content (AvgIpc) is 3.24. The first-order valence-electron chi connectivity index (χ1n) is 11.7. The molecule has 3 N–H and O–H groups in total. The van der Waals surface area contributed by atoms with E-state index in [4.69, 9.17) is 0 Å². The minimum absolute atomic E-state index is 0.156. The van der Waals surface area contributed by atoms with Gasteiger partial charge in [0.25, 0.3) is 5.91 Å². The lowest BCUT2D eigenvalue weighted by molar-refractivity contribution is -0.128. The second-order valence-corrected chi connectivity index (χ2v) is 12.1. The third kappa shape index (κ3) is 5.75. The monoisotopic (exact) mass is 471 g/mol. The fourth-order valence-electron chi connectivity index (χ4n) is 4.43. The van der Waals surface area contributed by atoms with Crippen molar-refractivity contribution in [1.82, 2.24) is 15.6 Å². The minimum atomic E-state index is -0.936. The number of hydrogen-bond donors (Lipinski definition) is 3. The van der Waals surface area contributed by atoms with Crippen molar-refractivity contribution in [2.75, 3.05) is 0 Å². The summed E-state index contributed by atoms with van der Waals surface area (Å²) >= 11 is 1.49. The average molecular weight is 472 g/mol. The van der Waals surface area contributed by atoms with Crippen LogP contribution in [0.1, 0.15) is 100 Å². The van der Waals surface area contributed by atoms with Gasteiger partial charge in [-0.25, -0.2) is 4.98 Å².